The number of rotatable bonds is 2. The molecule has 4 N–H and O–H groups in total. The average Bonchev–Trinajstić information content (AvgIpc) is 2.89. The third-order valence-corrected chi connectivity index (χ3v) is 5.21. The summed E-state index contributed by atoms with van der Waals surface area (Å²) < 4.78 is 5.28. The van der Waals surface area contributed by atoms with E-state index in [-0.39, 0.29) is 17.6 Å². The number of anilines is 2. The van der Waals surface area contributed by atoms with E-state index < -0.39 is 0 Å². The Morgan fingerprint density at radius 2 is 2.04 bits per heavy atom. The summed E-state index contributed by atoms with van der Waals surface area (Å²) in [5.74, 6) is 0.0987. The van der Waals surface area contributed by atoms with Gasteiger partial charge in [-0.25, -0.2) is 4.98 Å². The summed E-state index contributed by atoms with van der Waals surface area (Å²) in [6.45, 7) is 6.07. The Labute approximate surface area is 143 Å². The van der Waals surface area contributed by atoms with Crippen LogP contribution in [-0.2, 0) is 4.74 Å². The zero-order chi connectivity index (χ0) is 17.4. The van der Waals surface area contributed by atoms with Crippen LogP contribution in [0.4, 0.5) is 11.5 Å². The lowest BCUT2D eigenvalue weighted by molar-refractivity contribution is 0.0307. The first-order valence-corrected chi connectivity index (χ1v) is 8.55. The molecule has 8 heteroatoms. The van der Waals surface area contributed by atoms with Gasteiger partial charge in [0.05, 0.1) is 24.5 Å². The molecule has 0 bridgehead atoms. The van der Waals surface area contributed by atoms with Crippen molar-refractivity contribution in [2.45, 2.75) is 19.8 Å². The fourth-order valence-corrected chi connectivity index (χ4v) is 4.05. The molecule has 1 fully saturated rings. The van der Waals surface area contributed by atoms with E-state index in [1.54, 1.807) is 4.90 Å². The summed E-state index contributed by atoms with van der Waals surface area (Å²) in [5.41, 5.74) is 13.7. The minimum absolute atomic E-state index is 0.0377. The van der Waals surface area contributed by atoms with Gasteiger partial charge >= 0.3 is 0 Å². The lowest BCUT2D eigenvalue weighted by Crippen LogP contribution is -2.40. The van der Waals surface area contributed by atoms with Crippen LogP contribution in [0.15, 0.2) is 0 Å². The van der Waals surface area contributed by atoms with Gasteiger partial charge in [0.15, 0.2) is 0 Å². The van der Waals surface area contributed by atoms with Crippen molar-refractivity contribution in [3.05, 3.63) is 16.0 Å². The Hall–Kier alpha value is -2.37. The van der Waals surface area contributed by atoms with Gasteiger partial charge in [0, 0.05) is 18.5 Å². The maximum absolute atomic E-state index is 12.8. The zero-order valence-corrected chi connectivity index (χ0v) is 14.4. The molecule has 2 aromatic rings. The molecule has 3 rings (SSSR count). The van der Waals surface area contributed by atoms with Gasteiger partial charge < -0.3 is 21.1 Å². The zero-order valence-electron chi connectivity index (χ0n) is 13.6. The van der Waals surface area contributed by atoms with Crippen LogP contribution in [0.1, 0.15) is 40.6 Å². The second kappa shape index (κ2) is 6.26. The molecule has 0 saturated carbocycles. The van der Waals surface area contributed by atoms with Crippen LogP contribution in [-0.4, -0.2) is 42.1 Å². The van der Waals surface area contributed by atoms with E-state index in [1.165, 1.54) is 11.3 Å². The first kappa shape index (κ1) is 16.5. The largest absolute Gasteiger partial charge is 0.397 e. The molecule has 7 nitrogen and oxygen atoms in total. The van der Waals surface area contributed by atoms with Gasteiger partial charge in [0.2, 0.25) is 0 Å². The van der Waals surface area contributed by atoms with Crippen molar-refractivity contribution in [2.24, 2.45) is 0 Å². The van der Waals surface area contributed by atoms with Crippen molar-refractivity contribution < 1.29 is 9.53 Å². The molecule has 3 heterocycles. The molecule has 1 aliphatic heterocycles. The number of nitrogens with zero attached hydrogens (tertiary/aromatic N) is 3. The Morgan fingerprint density at radius 1 is 1.38 bits per heavy atom. The Balaban J connectivity index is 2.19. The third-order valence-electron chi connectivity index (χ3n) is 4.13. The fourth-order valence-electron chi connectivity index (χ4n) is 2.96. The standard InChI is InChI=1S/C16H19N5O2S/c1-8(2)10-9(7-17)14(19)20-15-11(10)12(18)13(24-15)16(22)21-3-5-23-6-4-21/h8H,3-6,18H2,1-2H3,(H2,19,20). The number of fused-ring (bicyclic) bond motifs is 1. The normalized spacial score (nSPS) is 15.0. The van der Waals surface area contributed by atoms with Gasteiger partial charge in [0.1, 0.15) is 21.6 Å². The monoisotopic (exact) mass is 345 g/mol. The highest BCUT2D eigenvalue weighted by atomic mass is 32.1. The Bertz CT molecular complexity index is 846. The lowest BCUT2D eigenvalue weighted by atomic mass is 9.95. The Morgan fingerprint density at radius 3 is 2.62 bits per heavy atom. The molecule has 24 heavy (non-hydrogen) atoms. The van der Waals surface area contributed by atoms with E-state index in [4.69, 9.17) is 16.2 Å². The highest BCUT2D eigenvalue weighted by Gasteiger charge is 2.27. The summed E-state index contributed by atoms with van der Waals surface area (Å²) in [6.07, 6.45) is 0. The molecule has 0 aromatic carbocycles. The van der Waals surface area contributed by atoms with Crippen LogP contribution >= 0.6 is 11.3 Å². The number of thiophene rings is 1. The van der Waals surface area contributed by atoms with Crippen molar-refractivity contribution in [1.82, 2.24) is 9.88 Å². The molecule has 0 atom stereocenters. The van der Waals surface area contributed by atoms with Crippen LogP contribution < -0.4 is 11.5 Å². The SMILES string of the molecule is CC(C)c1c(C#N)c(N)nc2sc(C(=O)N3CCOCC3)c(N)c12. The van der Waals surface area contributed by atoms with Gasteiger partial charge in [-0.3, -0.25) is 4.79 Å². The number of hydrogen-bond acceptors (Lipinski definition) is 7. The van der Waals surface area contributed by atoms with Crippen LogP contribution in [0.3, 0.4) is 0 Å². The number of nitrogens with two attached hydrogens (primary N) is 2. The van der Waals surface area contributed by atoms with Gasteiger partial charge in [0.25, 0.3) is 5.91 Å². The van der Waals surface area contributed by atoms with Crippen LogP contribution in [0.2, 0.25) is 0 Å². The van der Waals surface area contributed by atoms with Crippen molar-refractivity contribution in [3.63, 3.8) is 0 Å². The number of pyridine rings is 1. The molecule has 126 valence electrons. The van der Waals surface area contributed by atoms with E-state index in [0.29, 0.717) is 52.6 Å². The molecule has 1 aliphatic rings. The quantitative estimate of drug-likeness (QED) is 0.858. The average molecular weight is 345 g/mol. The molecular formula is C16H19N5O2S. The molecule has 0 spiro atoms. The van der Waals surface area contributed by atoms with E-state index in [0.717, 1.165) is 5.56 Å². The summed E-state index contributed by atoms with van der Waals surface area (Å²) in [7, 11) is 0. The number of nitrogen functional groups attached to an aromatic ring is 2. The maximum atomic E-state index is 12.8. The number of carbonyl (C=O) groups excluding carboxylic acids is 1. The topological polar surface area (TPSA) is 118 Å². The predicted octanol–water partition coefficient (Wildman–Crippen LogP) is 1.93. The molecule has 2 aromatic heterocycles. The van der Waals surface area contributed by atoms with Crippen LogP contribution in [0.25, 0.3) is 10.2 Å². The second-order valence-electron chi connectivity index (χ2n) is 5.98. The fraction of sp³-hybridized carbons (Fsp3) is 0.438. The van der Waals surface area contributed by atoms with Crippen molar-refractivity contribution in [2.75, 3.05) is 37.8 Å². The van der Waals surface area contributed by atoms with E-state index in [9.17, 15) is 10.1 Å². The van der Waals surface area contributed by atoms with Crippen LogP contribution in [0, 0.1) is 11.3 Å². The van der Waals surface area contributed by atoms with E-state index in [2.05, 4.69) is 11.1 Å². The summed E-state index contributed by atoms with van der Waals surface area (Å²) in [6, 6.07) is 2.12. The maximum Gasteiger partial charge on any atom is 0.266 e. The molecule has 0 unspecified atom stereocenters. The highest BCUT2D eigenvalue weighted by molar-refractivity contribution is 7.21. The minimum atomic E-state index is -0.120. The van der Waals surface area contributed by atoms with Gasteiger partial charge in [-0.05, 0) is 11.5 Å². The van der Waals surface area contributed by atoms with Gasteiger partial charge in [-0.1, -0.05) is 13.8 Å². The van der Waals surface area contributed by atoms with Crippen molar-refractivity contribution >= 4 is 39.0 Å². The molecular weight excluding hydrogens is 326 g/mol. The summed E-state index contributed by atoms with van der Waals surface area (Å²) in [5, 5.41) is 10.1. The van der Waals surface area contributed by atoms with E-state index in [1.807, 2.05) is 13.8 Å². The Kier molecular flexibility index (Phi) is 4.30. The van der Waals surface area contributed by atoms with Crippen molar-refractivity contribution in [1.29, 1.82) is 5.26 Å². The predicted molar refractivity (Wildman–Crippen MR) is 94.0 cm³/mol. The molecule has 1 amide bonds. The number of carbonyl (C=O) groups is 1. The number of ether oxygens (including phenoxy) is 1. The first-order valence-electron chi connectivity index (χ1n) is 7.74. The first-order chi connectivity index (χ1) is 11.5. The molecule has 0 aliphatic carbocycles. The van der Waals surface area contributed by atoms with Crippen molar-refractivity contribution in [3.8, 4) is 6.07 Å². The third kappa shape index (κ3) is 2.56. The molecule has 1 saturated heterocycles. The summed E-state index contributed by atoms with van der Waals surface area (Å²) >= 11 is 1.23. The smallest absolute Gasteiger partial charge is 0.266 e. The van der Waals surface area contributed by atoms with E-state index >= 15 is 0 Å². The number of amides is 1. The number of nitriles is 1. The number of aromatic nitrogens is 1. The molecule has 0 radical (unpaired) electrons. The van der Waals surface area contributed by atoms with Crippen LogP contribution in [0.5, 0.6) is 0 Å². The number of morpholine rings is 1. The van der Waals surface area contributed by atoms with Gasteiger partial charge in [-0.2, -0.15) is 5.26 Å². The summed E-state index contributed by atoms with van der Waals surface area (Å²) in [4.78, 5) is 19.9. The highest BCUT2D eigenvalue weighted by Crippen LogP contribution is 2.41. The minimum Gasteiger partial charge on any atom is -0.397 e. The number of hydrogen-bond donors (Lipinski definition) is 2. The lowest BCUT2D eigenvalue weighted by Gasteiger charge is -2.26. The second-order valence-corrected chi connectivity index (χ2v) is 6.98. The van der Waals surface area contributed by atoms with Gasteiger partial charge in [-0.15, -0.1) is 11.3 Å².